The third kappa shape index (κ3) is 3.86. The average molecular weight is 407 g/mol. The molecule has 0 radical (unpaired) electrons. The number of hydrogen-bond donors (Lipinski definition) is 1. The summed E-state index contributed by atoms with van der Waals surface area (Å²) in [6, 6.07) is 11.6. The smallest absolute Gasteiger partial charge is 0.275 e. The molecule has 1 aliphatic rings. The predicted octanol–water partition coefficient (Wildman–Crippen LogP) is 0.716. The molecule has 30 heavy (non-hydrogen) atoms. The molecule has 9 heteroatoms. The molecule has 9 nitrogen and oxygen atoms in total. The van der Waals surface area contributed by atoms with Crippen LogP contribution >= 0.6 is 0 Å². The second-order valence-corrected chi connectivity index (χ2v) is 6.93. The Morgan fingerprint density at radius 3 is 2.67 bits per heavy atom. The molecule has 0 spiro atoms. The number of nitrogens with zero attached hydrogens (tertiary/aromatic N) is 4. The summed E-state index contributed by atoms with van der Waals surface area (Å²) in [4.78, 5) is 37.2. The van der Waals surface area contributed by atoms with Crippen LogP contribution in [-0.4, -0.2) is 39.1 Å². The topological polar surface area (TPSA) is 108 Å². The molecule has 0 saturated carbocycles. The fourth-order valence-electron chi connectivity index (χ4n) is 3.47. The number of aryl methyl sites for hydroxylation is 2. The molecule has 0 unspecified atom stereocenters. The summed E-state index contributed by atoms with van der Waals surface area (Å²) < 4.78 is 7.67. The minimum Gasteiger partial charge on any atom is -0.494 e. The Morgan fingerprint density at radius 2 is 1.90 bits per heavy atom. The van der Waals surface area contributed by atoms with Gasteiger partial charge in [0.1, 0.15) is 0 Å². The fraction of sp³-hybridized carbons (Fsp3) is 0.286. The monoisotopic (exact) mass is 407 g/mol. The van der Waals surface area contributed by atoms with Crippen LogP contribution in [0.3, 0.4) is 0 Å². The molecule has 154 valence electrons. The first-order valence-electron chi connectivity index (χ1n) is 9.69. The number of hydrogen-bond acceptors (Lipinski definition) is 6. The van der Waals surface area contributed by atoms with Crippen molar-refractivity contribution in [3.8, 4) is 11.4 Å². The molecule has 1 aliphatic carbocycles. The van der Waals surface area contributed by atoms with Gasteiger partial charge in [0.25, 0.3) is 17.0 Å². The van der Waals surface area contributed by atoms with E-state index in [1.165, 1.54) is 17.9 Å². The first-order chi connectivity index (χ1) is 14.6. The predicted molar refractivity (Wildman–Crippen MR) is 109 cm³/mol. The highest BCUT2D eigenvalue weighted by atomic mass is 16.5. The van der Waals surface area contributed by atoms with E-state index in [-0.39, 0.29) is 30.1 Å². The Hall–Kier alpha value is -3.75. The molecule has 2 heterocycles. The fourth-order valence-corrected chi connectivity index (χ4v) is 3.47. The molecule has 1 amide bonds. The molecule has 0 fully saturated rings. The minimum atomic E-state index is -0.509. The van der Waals surface area contributed by atoms with E-state index in [0.29, 0.717) is 5.69 Å². The van der Waals surface area contributed by atoms with Gasteiger partial charge in [0.05, 0.1) is 31.1 Å². The maximum atomic E-state index is 12.7. The van der Waals surface area contributed by atoms with Crippen LogP contribution in [0.15, 0.2) is 52.1 Å². The third-order valence-electron chi connectivity index (χ3n) is 4.97. The zero-order valence-corrected chi connectivity index (χ0v) is 16.5. The number of nitrogens with one attached hydrogen (secondary N) is 1. The lowest BCUT2D eigenvalue weighted by molar-refractivity contribution is 0.0941. The lowest BCUT2D eigenvalue weighted by Crippen LogP contribution is -2.34. The Balaban J connectivity index is 1.52. The number of para-hydroxylation sites is 1. The van der Waals surface area contributed by atoms with Crippen LogP contribution in [0.2, 0.25) is 0 Å². The van der Waals surface area contributed by atoms with Crippen molar-refractivity contribution in [2.24, 2.45) is 0 Å². The number of carbonyl (C=O) groups is 1. The molecule has 0 aliphatic heterocycles. The Bertz CT molecular complexity index is 1200. The van der Waals surface area contributed by atoms with E-state index >= 15 is 0 Å². The molecule has 0 bridgehead atoms. The summed E-state index contributed by atoms with van der Waals surface area (Å²) in [6.07, 6.45) is 2.76. The van der Waals surface area contributed by atoms with Crippen molar-refractivity contribution in [3.05, 3.63) is 80.1 Å². The molecule has 2 aromatic heterocycles. The zero-order chi connectivity index (χ0) is 21.1. The standard InChI is InChI=1S/C21H21N5O4/c1-30-17-13-19(28)26(15-7-3-2-4-8-15)24-20(17)21(29)22-10-11-25-18(27)12-14-6-5-9-16(14)23-25/h2-4,7-8,12-13H,5-6,9-11H2,1H3,(H,22,29). The van der Waals surface area contributed by atoms with Gasteiger partial charge in [0.2, 0.25) is 0 Å². The SMILES string of the molecule is COc1cc(=O)n(-c2ccccc2)nc1C(=O)NCCn1nc2c(cc1=O)CCC2. The number of amides is 1. The highest BCUT2D eigenvalue weighted by Crippen LogP contribution is 2.17. The number of fused-ring (bicyclic) bond motifs is 1. The molecule has 0 atom stereocenters. The molecule has 0 saturated heterocycles. The molecule has 1 aromatic carbocycles. The number of aromatic nitrogens is 4. The van der Waals surface area contributed by atoms with Crippen LogP contribution in [0.4, 0.5) is 0 Å². The van der Waals surface area contributed by atoms with Crippen LogP contribution in [0.25, 0.3) is 5.69 Å². The number of rotatable bonds is 6. The van der Waals surface area contributed by atoms with Gasteiger partial charge in [0.15, 0.2) is 11.4 Å². The molecule has 4 rings (SSSR count). The van der Waals surface area contributed by atoms with Crippen molar-refractivity contribution < 1.29 is 9.53 Å². The van der Waals surface area contributed by atoms with Gasteiger partial charge in [-0.15, -0.1) is 0 Å². The van der Waals surface area contributed by atoms with Gasteiger partial charge >= 0.3 is 0 Å². The second kappa shape index (κ2) is 8.32. The number of ether oxygens (including phenoxy) is 1. The van der Waals surface area contributed by atoms with Crippen molar-refractivity contribution in [2.75, 3.05) is 13.7 Å². The van der Waals surface area contributed by atoms with E-state index in [4.69, 9.17) is 4.74 Å². The average Bonchev–Trinajstić information content (AvgIpc) is 3.21. The summed E-state index contributed by atoms with van der Waals surface area (Å²) in [7, 11) is 1.37. The van der Waals surface area contributed by atoms with Crippen molar-refractivity contribution >= 4 is 5.91 Å². The summed E-state index contributed by atoms with van der Waals surface area (Å²) in [5.41, 5.74) is 1.88. The van der Waals surface area contributed by atoms with E-state index in [2.05, 4.69) is 15.5 Å². The summed E-state index contributed by atoms with van der Waals surface area (Å²) in [5.74, 6) is -0.428. The van der Waals surface area contributed by atoms with Gasteiger partial charge in [-0.25, -0.2) is 4.68 Å². The second-order valence-electron chi connectivity index (χ2n) is 6.93. The van der Waals surface area contributed by atoms with Crippen LogP contribution in [-0.2, 0) is 19.4 Å². The Morgan fingerprint density at radius 1 is 1.10 bits per heavy atom. The third-order valence-corrected chi connectivity index (χ3v) is 4.97. The normalized spacial score (nSPS) is 12.4. The maximum absolute atomic E-state index is 12.7. The first kappa shape index (κ1) is 19.6. The maximum Gasteiger partial charge on any atom is 0.275 e. The Kier molecular flexibility index (Phi) is 5.42. The molecule has 1 N–H and O–H groups in total. The lowest BCUT2D eigenvalue weighted by Gasteiger charge is -2.12. The van der Waals surface area contributed by atoms with E-state index in [0.717, 1.165) is 35.2 Å². The summed E-state index contributed by atoms with van der Waals surface area (Å²) in [5, 5.41) is 11.3. The number of methoxy groups -OCH3 is 1. The molecule has 3 aromatic rings. The molecular formula is C21H21N5O4. The Labute approximate surface area is 171 Å². The quantitative estimate of drug-likeness (QED) is 0.645. The minimum absolute atomic E-state index is 0.0183. The lowest BCUT2D eigenvalue weighted by atomic mass is 10.2. The largest absolute Gasteiger partial charge is 0.494 e. The van der Waals surface area contributed by atoms with E-state index in [1.54, 1.807) is 30.3 Å². The summed E-state index contributed by atoms with van der Waals surface area (Å²) >= 11 is 0. The summed E-state index contributed by atoms with van der Waals surface area (Å²) in [6.45, 7) is 0.415. The van der Waals surface area contributed by atoms with Crippen molar-refractivity contribution in [2.45, 2.75) is 25.8 Å². The van der Waals surface area contributed by atoms with Crippen molar-refractivity contribution in [3.63, 3.8) is 0 Å². The van der Waals surface area contributed by atoms with Crippen molar-refractivity contribution in [1.82, 2.24) is 24.9 Å². The van der Waals surface area contributed by atoms with E-state index in [1.807, 2.05) is 6.07 Å². The van der Waals surface area contributed by atoms with Crippen LogP contribution < -0.4 is 21.2 Å². The van der Waals surface area contributed by atoms with Gasteiger partial charge in [0, 0.05) is 12.6 Å². The molecular weight excluding hydrogens is 386 g/mol. The first-order valence-corrected chi connectivity index (χ1v) is 9.69. The van der Waals surface area contributed by atoms with Gasteiger partial charge in [-0.2, -0.15) is 14.9 Å². The van der Waals surface area contributed by atoms with E-state index in [9.17, 15) is 14.4 Å². The van der Waals surface area contributed by atoms with Gasteiger partial charge in [-0.05, 0) is 37.0 Å². The van der Waals surface area contributed by atoms with Crippen molar-refractivity contribution in [1.29, 1.82) is 0 Å². The zero-order valence-electron chi connectivity index (χ0n) is 16.5. The number of benzene rings is 1. The van der Waals surface area contributed by atoms with E-state index < -0.39 is 11.5 Å². The van der Waals surface area contributed by atoms with Gasteiger partial charge < -0.3 is 10.1 Å². The van der Waals surface area contributed by atoms with Gasteiger partial charge in [-0.3, -0.25) is 14.4 Å². The van der Waals surface area contributed by atoms with Crippen LogP contribution in [0.1, 0.15) is 28.2 Å². The van der Waals surface area contributed by atoms with Crippen LogP contribution in [0, 0.1) is 0 Å². The highest BCUT2D eigenvalue weighted by Gasteiger charge is 2.18. The van der Waals surface area contributed by atoms with Crippen LogP contribution in [0.5, 0.6) is 5.75 Å². The number of carbonyl (C=O) groups excluding carboxylic acids is 1. The van der Waals surface area contributed by atoms with Gasteiger partial charge in [-0.1, -0.05) is 18.2 Å². The highest BCUT2D eigenvalue weighted by molar-refractivity contribution is 5.94.